The standard InChI is InChI=1S/C26H36N4O2/c1-6-29(4)17-15-27-21-13-9-11-19-23(21)25(31)20-12-10-14-22(24(20)26(19)32)28-16-18-30(5,7-2)8-3/h9-14H,6-8,15-18H2,1-5H3,(H-,27,28,31,32)/p+1. The lowest BCUT2D eigenvalue weighted by molar-refractivity contribution is -0.904. The number of rotatable bonds is 11. The third-order valence-electron chi connectivity index (χ3n) is 6.92. The summed E-state index contributed by atoms with van der Waals surface area (Å²) in [7, 11) is 4.30. The molecule has 2 aromatic carbocycles. The molecule has 0 spiro atoms. The minimum absolute atomic E-state index is 0.0877. The van der Waals surface area contributed by atoms with Crippen LogP contribution in [0.1, 0.15) is 52.6 Å². The summed E-state index contributed by atoms with van der Waals surface area (Å²) in [6, 6.07) is 11.0. The molecule has 0 unspecified atom stereocenters. The maximum Gasteiger partial charge on any atom is 0.196 e. The number of nitrogens with one attached hydrogen (secondary N) is 2. The summed E-state index contributed by atoms with van der Waals surface area (Å²) in [4.78, 5) is 29.2. The third-order valence-corrected chi connectivity index (χ3v) is 6.92. The summed E-state index contributed by atoms with van der Waals surface area (Å²) in [5.74, 6) is -0.178. The molecule has 6 nitrogen and oxygen atoms in total. The largest absolute Gasteiger partial charge is 0.383 e. The molecule has 1 aliphatic carbocycles. The van der Waals surface area contributed by atoms with Crippen LogP contribution >= 0.6 is 0 Å². The molecule has 0 fully saturated rings. The second-order valence-electron chi connectivity index (χ2n) is 8.84. The van der Waals surface area contributed by atoms with Crippen molar-refractivity contribution in [3.63, 3.8) is 0 Å². The maximum absolute atomic E-state index is 13.5. The van der Waals surface area contributed by atoms with E-state index in [1.54, 1.807) is 12.1 Å². The Labute approximate surface area is 192 Å². The number of likely N-dealkylation sites (N-methyl/N-ethyl adjacent to an activating group) is 2. The van der Waals surface area contributed by atoms with Crippen molar-refractivity contribution in [3.05, 3.63) is 58.7 Å². The molecule has 0 aromatic heterocycles. The number of fused-ring (bicyclic) bond motifs is 2. The molecular formula is C26H37N4O2+. The number of carbonyl (C=O) groups excluding carboxylic acids is 2. The second kappa shape index (κ2) is 10.3. The average molecular weight is 438 g/mol. The molecule has 0 radical (unpaired) electrons. The molecule has 0 saturated carbocycles. The number of benzene rings is 2. The van der Waals surface area contributed by atoms with E-state index in [0.717, 1.165) is 55.1 Å². The first-order valence-electron chi connectivity index (χ1n) is 11.7. The number of hydrogen-bond acceptors (Lipinski definition) is 5. The molecule has 0 aliphatic heterocycles. The van der Waals surface area contributed by atoms with E-state index in [1.807, 2.05) is 24.3 Å². The highest BCUT2D eigenvalue weighted by Crippen LogP contribution is 2.35. The number of anilines is 2. The molecule has 2 N–H and O–H groups in total. The van der Waals surface area contributed by atoms with Crippen molar-refractivity contribution < 1.29 is 14.1 Å². The highest BCUT2D eigenvalue weighted by molar-refractivity contribution is 6.31. The fourth-order valence-corrected chi connectivity index (χ4v) is 4.08. The van der Waals surface area contributed by atoms with Gasteiger partial charge in [0.25, 0.3) is 0 Å². The van der Waals surface area contributed by atoms with Crippen molar-refractivity contribution in [1.29, 1.82) is 0 Å². The fraction of sp³-hybridized carbons (Fsp3) is 0.462. The van der Waals surface area contributed by atoms with Gasteiger partial charge in [-0.1, -0.05) is 31.2 Å². The Hall–Kier alpha value is -2.70. The van der Waals surface area contributed by atoms with E-state index < -0.39 is 0 Å². The predicted octanol–water partition coefficient (Wildman–Crippen LogP) is 3.72. The highest BCUT2D eigenvalue weighted by atomic mass is 16.1. The number of hydrogen-bond donors (Lipinski definition) is 2. The molecular weight excluding hydrogens is 400 g/mol. The van der Waals surface area contributed by atoms with E-state index in [2.05, 4.69) is 50.4 Å². The number of quaternary nitrogens is 1. The van der Waals surface area contributed by atoms with Crippen molar-refractivity contribution in [3.8, 4) is 0 Å². The first-order chi connectivity index (χ1) is 15.3. The highest BCUT2D eigenvalue weighted by Gasteiger charge is 2.33. The summed E-state index contributed by atoms with van der Waals surface area (Å²) in [6.45, 7) is 12.8. The molecule has 2 aromatic rings. The SMILES string of the molecule is CCN(C)CCNc1cccc2c1C(=O)c1cccc(NCC[N+](C)(CC)CC)c1C2=O. The van der Waals surface area contributed by atoms with Crippen LogP contribution in [-0.2, 0) is 0 Å². The quantitative estimate of drug-likeness (QED) is 0.448. The van der Waals surface area contributed by atoms with Crippen molar-refractivity contribution >= 4 is 22.9 Å². The molecule has 1 aliphatic rings. The molecule has 6 heteroatoms. The van der Waals surface area contributed by atoms with E-state index in [0.29, 0.717) is 28.8 Å². The fourth-order valence-electron chi connectivity index (χ4n) is 4.08. The van der Waals surface area contributed by atoms with E-state index in [9.17, 15) is 9.59 Å². The van der Waals surface area contributed by atoms with Crippen molar-refractivity contribution in [2.24, 2.45) is 0 Å². The molecule has 0 heterocycles. The van der Waals surface area contributed by atoms with Crippen LogP contribution in [0.25, 0.3) is 0 Å². The zero-order valence-electron chi connectivity index (χ0n) is 20.1. The predicted molar refractivity (Wildman–Crippen MR) is 132 cm³/mol. The van der Waals surface area contributed by atoms with Crippen LogP contribution in [-0.4, -0.2) is 80.9 Å². The van der Waals surface area contributed by atoms with Crippen LogP contribution < -0.4 is 10.6 Å². The average Bonchev–Trinajstić information content (AvgIpc) is 2.82. The number of ketones is 2. The summed E-state index contributed by atoms with van der Waals surface area (Å²) in [6.07, 6.45) is 0. The number of nitrogens with zero attached hydrogens (tertiary/aromatic N) is 2. The molecule has 0 amide bonds. The molecule has 0 bridgehead atoms. The van der Waals surface area contributed by atoms with Gasteiger partial charge in [-0.3, -0.25) is 9.59 Å². The van der Waals surface area contributed by atoms with Gasteiger partial charge in [0.05, 0.1) is 44.4 Å². The minimum atomic E-state index is -0.0899. The van der Waals surface area contributed by atoms with Crippen LogP contribution in [0.3, 0.4) is 0 Å². The molecule has 32 heavy (non-hydrogen) atoms. The van der Waals surface area contributed by atoms with Crippen LogP contribution in [0.2, 0.25) is 0 Å². The second-order valence-corrected chi connectivity index (χ2v) is 8.84. The van der Waals surface area contributed by atoms with Gasteiger partial charge in [-0.2, -0.15) is 0 Å². The lowest BCUT2D eigenvalue weighted by Crippen LogP contribution is -2.46. The van der Waals surface area contributed by atoms with Gasteiger partial charge in [0.2, 0.25) is 0 Å². The van der Waals surface area contributed by atoms with Gasteiger partial charge in [0.15, 0.2) is 11.6 Å². The van der Waals surface area contributed by atoms with E-state index >= 15 is 0 Å². The zero-order chi connectivity index (χ0) is 23.3. The van der Waals surface area contributed by atoms with E-state index in [4.69, 9.17) is 0 Å². The Kier molecular flexibility index (Phi) is 7.69. The molecule has 172 valence electrons. The monoisotopic (exact) mass is 437 g/mol. The summed E-state index contributed by atoms with van der Waals surface area (Å²) < 4.78 is 0.958. The smallest absolute Gasteiger partial charge is 0.196 e. The van der Waals surface area contributed by atoms with Crippen molar-refractivity contribution in [2.75, 3.05) is 70.5 Å². The lowest BCUT2D eigenvalue weighted by atomic mass is 9.82. The summed E-state index contributed by atoms with van der Waals surface area (Å²) in [5.41, 5.74) is 3.42. The van der Waals surface area contributed by atoms with Crippen LogP contribution in [0.4, 0.5) is 11.4 Å². The van der Waals surface area contributed by atoms with Crippen molar-refractivity contribution in [1.82, 2.24) is 4.90 Å². The Balaban J connectivity index is 1.86. The van der Waals surface area contributed by atoms with Gasteiger partial charge >= 0.3 is 0 Å². The minimum Gasteiger partial charge on any atom is -0.383 e. The Morgan fingerprint density at radius 1 is 0.812 bits per heavy atom. The van der Waals surface area contributed by atoms with E-state index in [1.165, 1.54) is 0 Å². The van der Waals surface area contributed by atoms with Gasteiger partial charge in [-0.25, -0.2) is 0 Å². The lowest BCUT2D eigenvalue weighted by Gasteiger charge is -2.32. The van der Waals surface area contributed by atoms with Gasteiger partial charge in [0.1, 0.15) is 0 Å². The van der Waals surface area contributed by atoms with Gasteiger partial charge in [0, 0.05) is 35.6 Å². The molecule has 0 atom stereocenters. The molecule has 0 saturated heterocycles. The zero-order valence-corrected chi connectivity index (χ0v) is 20.1. The van der Waals surface area contributed by atoms with E-state index in [-0.39, 0.29) is 11.6 Å². The first-order valence-corrected chi connectivity index (χ1v) is 11.7. The number of carbonyl (C=O) groups is 2. The Bertz CT molecular complexity index is 982. The van der Waals surface area contributed by atoms with Crippen LogP contribution in [0, 0.1) is 0 Å². The summed E-state index contributed by atoms with van der Waals surface area (Å²) in [5, 5.41) is 6.80. The Morgan fingerprint density at radius 2 is 1.31 bits per heavy atom. The molecule has 3 rings (SSSR count). The van der Waals surface area contributed by atoms with Crippen molar-refractivity contribution in [2.45, 2.75) is 20.8 Å². The van der Waals surface area contributed by atoms with Gasteiger partial charge in [-0.15, -0.1) is 0 Å². The third kappa shape index (κ3) is 4.87. The van der Waals surface area contributed by atoms with Crippen LogP contribution in [0.15, 0.2) is 36.4 Å². The van der Waals surface area contributed by atoms with Gasteiger partial charge in [-0.05, 0) is 39.6 Å². The topological polar surface area (TPSA) is 61.4 Å². The first kappa shape index (κ1) is 24.0. The van der Waals surface area contributed by atoms with Crippen LogP contribution in [0.5, 0.6) is 0 Å². The Morgan fingerprint density at radius 3 is 1.78 bits per heavy atom. The maximum atomic E-state index is 13.5. The normalized spacial score (nSPS) is 13.2. The summed E-state index contributed by atoms with van der Waals surface area (Å²) >= 11 is 0. The van der Waals surface area contributed by atoms with Gasteiger partial charge < -0.3 is 20.0 Å².